The molecule has 0 atom stereocenters. The molecule has 0 bridgehead atoms. The minimum atomic E-state index is -3.72. The largest absolute Gasteiger partial charge is 0.497 e. The third-order valence-electron chi connectivity index (χ3n) is 6.39. The van der Waals surface area contributed by atoms with Crippen LogP contribution in [0.5, 0.6) is 5.75 Å². The summed E-state index contributed by atoms with van der Waals surface area (Å²) in [6.07, 6.45) is 4.33. The molecule has 0 aliphatic carbocycles. The van der Waals surface area contributed by atoms with Crippen molar-refractivity contribution in [2.45, 2.75) is 43.0 Å². The maximum absolute atomic E-state index is 13.1. The lowest BCUT2D eigenvalue weighted by molar-refractivity contribution is 0.0931. The van der Waals surface area contributed by atoms with Gasteiger partial charge in [0.2, 0.25) is 10.0 Å². The van der Waals surface area contributed by atoms with Crippen LogP contribution >= 0.6 is 11.6 Å². The van der Waals surface area contributed by atoms with Gasteiger partial charge in [-0.05, 0) is 68.1 Å². The summed E-state index contributed by atoms with van der Waals surface area (Å²) >= 11 is 6.24. The summed E-state index contributed by atoms with van der Waals surface area (Å²) in [6, 6.07) is 12.5. The third-order valence-corrected chi connectivity index (χ3v) is 8.77. The van der Waals surface area contributed by atoms with E-state index >= 15 is 0 Å². The maximum atomic E-state index is 13.1. The number of carbonyl (C=O) groups is 1. The Labute approximate surface area is 200 Å². The molecule has 2 aromatic carbocycles. The summed E-state index contributed by atoms with van der Waals surface area (Å²) in [6.45, 7) is 2.63. The maximum Gasteiger partial charge on any atom is 0.251 e. The van der Waals surface area contributed by atoms with Crippen LogP contribution in [0, 0.1) is 0 Å². The first-order chi connectivity index (χ1) is 15.9. The first-order valence-corrected chi connectivity index (χ1v) is 13.2. The Kier molecular flexibility index (Phi) is 7.46. The van der Waals surface area contributed by atoms with Crippen LogP contribution in [0.1, 0.15) is 42.5 Å². The number of hydrogen-bond donors (Lipinski definition) is 1. The van der Waals surface area contributed by atoms with Gasteiger partial charge in [-0.2, -0.15) is 4.31 Å². The summed E-state index contributed by atoms with van der Waals surface area (Å²) in [5.74, 6) is 0.551. The van der Waals surface area contributed by atoms with Gasteiger partial charge in [0.25, 0.3) is 5.91 Å². The molecule has 7 nitrogen and oxygen atoms in total. The lowest BCUT2D eigenvalue weighted by atomic mass is 10.0. The molecule has 2 heterocycles. The van der Waals surface area contributed by atoms with Gasteiger partial charge in [-0.15, -0.1) is 0 Å². The van der Waals surface area contributed by atoms with E-state index in [-0.39, 0.29) is 21.9 Å². The molecule has 0 unspecified atom stereocenters. The number of ether oxygens (including phenoxy) is 1. The van der Waals surface area contributed by atoms with E-state index in [2.05, 4.69) is 10.2 Å². The highest BCUT2D eigenvalue weighted by Gasteiger charge is 2.29. The number of nitrogens with zero attached hydrogens (tertiary/aromatic N) is 2. The van der Waals surface area contributed by atoms with Crippen LogP contribution in [-0.4, -0.2) is 58.0 Å². The van der Waals surface area contributed by atoms with Gasteiger partial charge in [0.1, 0.15) is 10.6 Å². The lowest BCUT2D eigenvalue weighted by Crippen LogP contribution is -2.44. The predicted octanol–water partition coefficient (Wildman–Crippen LogP) is 3.92. The average Bonchev–Trinajstić information content (AvgIpc) is 2.85. The second-order valence-electron chi connectivity index (χ2n) is 8.54. The standard InChI is InChI=1S/C24H30ClN3O4S/c1-32-21-8-6-20(7-9-21)27-15-11-19(12-16-27)26-24(29)18-5-10-22(25)23(17-18)33(30,31)28-13-3-2-4-14-28/h5-10,17,19H,2-4,11-16H2,1H3,(H,26,29). The molecule has 0 spiro atoms. The molecule has 2 fully saturated rings. The molecule has 1 amide bonds. The van der Waals surface area contributed by atoms with Crippen molar-refractivity contribution < 1.29 is 17.9 Å². The Morgan fingerprint density at radius 2 is 1.67 bits per heavy atom. The Balaban J connectivity index is 1.39. The summed E-state index contributed by atoms with van der Waals surface area (Å²) in [4.78, 5) is 15.2. The number of sulfonamides is 1. The normalized spacial score (nSPS) is 18.2. The average molecular weight is 492 g/mol. The number of carbonyl (C=O) groups excluding carboxylic acids is 1. The minimum absolute atomic E-state index is 0.00745. The zero-order chi connectivity index (χ0) is 23.4. The highest BCUT2D eigenvalue weighted by molar-refractivity contribution is 7.89. The van der Waals surface area contributed by atoms with Crippen LogP contribution in [-0.2, 0) is 10.0 Å². The number of amides is 1. The first kappa shape index (κ1) is 23.9. The van der Waals surface area contributed by atoms with Crippen LogP contribution < -0.4 is 15.0 Å². The van der Waals surface area contributed by atoms with Crippen molar-refractivity contribution in [1.29, 1.82) is 0 Å². The zero-order valence-corrected chi connectivity index (χ0v) is 20.4. The molecule has 33 heavy (non-hydrogen) atoms. The fourth-order valence-electron chi connectivity index (χ4n) is 4.43. The number of anilines is 1. The minimum Gasteiger partial charge on any atom is -0.497 e. The molecule has 178 valence electrons. The van der Waals surface area contributed by atoms with E-state index in [1.54, 1.807) is 13.2 Å². The highest BCUT2D eigenvalue weighted by Crippen LogP contribution is 2.28. The van der Waals surface area contributed by atoms with Crippen molar-refractivity contribution in [3.05, 3.63) is 53.1 Å². The molecule has 2 aliphatic heterocycles. The zero-order valence-electron chi connectivity index (χ0n) is 18.8. The molecule has 0 saturated carbocycles. The quantitative estimate of drug-likeness (QED) is 0.662. The first-order valence-electron chi connectivity index (χ1n) is 11.4. The van der Waals surface area contributed by atoms with E-state index in [1.165, 1.54) is 16.4 Å². The number of hydrogen-bond acceptors (Lipinski definition) is 5. The second kappa shape index (κ2) is 10.3. The van der Waals surface area contributed by atoms with E-state index < -0.39 is 10.0 Å². The van der Waals surface area contributed by atoms with Gasteiger partial charge in [-0.1, -0.05) is 18.0 Å². The van der Waals surface area contributed by atoms with Gasteiger partial charge in [-0.3, -0.25) is 4.79 Å². The van der Waals surface area contributed by atoms with Gasteiger partial charge in [0.05, 0.1) is 12.1 Å². The van der Waals surface area contributed by atoms with Crippen molar-refractivity contribution in [2.24, 2.45) is 0 Å². The third kappa shape index (κ3) is 5.45. The van der Waals surface area contributed by atoms with Gasteiger partial charge < -0.3 is 15.0 Å². The summed E-state index contributed by atoms with van der Waals surface area (Å²) in [5, 5.41) is 3.21. The molecule has 0 radical (unpaired) electrons. The van der Waals surface area contributed by atoms with Gasteiger partial charge in [-0.25, -0.2) is 8.42 Å². The van der Waals surface area contributed by atoms with E-state index in [0.29, 0.717) is 18.7 Å². The smallest absolute Gasteiger partial charge is 0.251 e. The summed E-state index contributed by atoms with van der Waals surface area (Å²) < 4.78 is 32.8. The van der Waals surface area contributed by atoms with Gasteiger partial charge in [0.15, 0.2) is 0 Å². The number of halogens is 1. The van der Waals surface area contributed by atoms with Gasteiger partial charge >= 0.3 is 0 Å². The van der Waals surface area contributed by atoms with E-state index in [4.69, 9.17) is 16.3 Å². The lowest BCUT2D eigenvalue weighted by Gasteiger charge is -2.34. The van der Waals surface area contributed by atoms with E-state index in [1.807, 2.05) is 24.3 Å². The molecule has 0 aromatic heterocycles. The number of rotatable bonds is 6. The van der Waals surface area contributed by atoms with Crippen LogP contribution in [0.25, 0.3) is 0 Å². The fraction of sp³-hybridized carbons (Fsp3) is 0.458. The van der Waals surface area contributed by atoms with Crippen molar-refractivity contribution in [3.63, 3.8) is 0 Å². The Morgan fingerprint density at radius 1 is 1.00 bits per heavy atom. The number of methoxy groups -OCH3 is 1. The molecule has 2 aromatic rings. The SMILES string of the molecule is COc1ccc(N2CCC(NC(=O)c3ccc(Cl)c(S(=O)(=O)N4CCCCC4)c3)CC2)cc1. The Morgan fingerprint density at radius 3 is 2.30 bits per heavy atom. The molecule has 2 saturated heterocycles. The molecule has 2 aliphatic rings. The van der Waals surface area contributed by atoms with Crippen LogP contribution in [0.3, 0.4) is 0 Å². The Hall–Kier alpha value is -2.29. The number of benzene rings is 2. The van der Waals surface area contributed by atoms with Crippen LogP contribution in [0.15, 0.2) is 47.4 Å². The van der Waals surface area contributed by atoms with E-state index in [9.17, 15) is 13.2 Å². The highest BCUT2D eigenvalue weighted by atomic mass is 35.5. The molecule has 9 heteroatoms. The monoisotopic (exact) mass is 491 g/mol. The number of piperidine rings is 2. The summed E-state index contributed by atoms with van der Waals surface area (Å²) in [5.41, 5.74) is 1.44. The van der Waals surface area contributed by atoms with E-state index in [0.717, 1.165) is 56.6 Å². The van der Waals surface area contributed by atoms with Gasteiger partial charge in [0, 0.05) is 43.5 Å². The van der Waals surface area contributed by atoms with Crippen molar-refractivity contribution in [2.75, 3.05) is 38.2 Å². The molecule has 4 rings (SSSR count). The van der Waals surface area contributed by atoms with Crippen molar-refractivity contribution in [1.82, 2.24) is 9.62 Å². The second-order valence-corrected chi connectivity index (χ2v) is 10.9. The fourth-order valence-corrected chi connectivity index (χ4v) is 6.45. The topological polar surface area (TPSA) is 79.0 Å². The molecular weight excluding hydrogens is 462 g/mol. The Bertz CT molecular complexity index is 1080. The molecular formula is C24H30ClN3O4S. The van der Waals surface area contributed by atoms with Crippen LogP contribution in [0.4, 0.5) is 5.69 Å². The number of nitrogens with one attached hydrogen (secondary N) is 1. The summed E-state index contributed by atoms with van der Waals surface area (Å²) in [7, 11) is -2.07. The van der Waals surface area contributed by atoms with Crippen molar-refractivity contribution >= 4 is 33.2 Å². The predicted molar refractivity (Wildman–Crippen MR) is 130 cm³/mol. The van der Waals surface area contributed by atoms with Crippen molar-refractivity contribution in [3.8, 4) is 5.75 Å². The van der Waals surface area contributed by atoms with Crippen LogP contribution in [0.2, 0.25) is 5.02 Å². The molecule has 1 N–H and O–H groups in total.